The van der Waals surface area contributed by atoms with E-state index in [1.165, 1.54) is 12.8 Å². The van der Waals surface area contributed by atoms with E-state index in [4.69, 9.17) is 0 Å². The van der Waals surface area contributed by atoms with Crippen LogP contribution in [0.1, 0.15) is 40.5 Å². The zero-order valence-corrected chi connectivity index (χ0v) is 7.57. The van der Waals surface area contributed by atoms with Gasteiger partial charge in [0.15, 0.2) is 0 Å². The molecule has 0 aromatic heterocycles. The third kappa shape index (κ3) is 0.436. The fraction of sp³-hybridized carbons (Fsp3) is 1.00. The van der Waals surface area contributed by atoms with Crippen molar-refractivity contribution in [2.75, 3.05) is 0 Å². The number of fused-ring (bicyclic) bond motifs is 1. The summed E-state index contributed by atoms with van der Waals surface area (Å²) in [5, 5.41) is 0. The van der Waals surface area contributed by atoms with Gasteiger partial charge in [0.2, 0.25) is 0 Å². The Morgan fingerprint density at radius 3 is 2.00 bits per heavy atom. The summed E-state index contributed by atoms with van der Waals surface area (Å²) in [4.78, 5) is 0. The van der Waals surface area contributed by atoms with Crippen molar-refractivity contribution in [1.29, 1.82) is 0 Å². The summed E-state index contributed by atoms with van der Waals surface area (Å²) in [6.07, 6.45) is 2.86. The highest BCUT2D eigenvalue weighted by Gasteiger charge is 2.87. The van der Waals surface area contributed by atoms with E-state index >= 15 is 0 Å². The summed E-state index contributed by atoms with van der Waals surface area (Å²) in [6, 6.07) is 0. The second-order valence-corrected chi connectivity index (χ2v) is 4.88. The molecule has 0 aliphatic heterocycles. The van der Waals surface area contributed by atoms with Gasteiger partial charge in [-0.25, -0.2) is 0 Å². The average molecular weight is 138 g/mol. The van der Waals surface area contributed by atoms with E-state index in [0.717, 1.165) is 17.3 Å². The Hall–Kier alpha value is 0. The Morgan fingerprint density at radius 1 is 1.20 bits per heavy atom. The molecule has 58 valence electrons. The van der Waals surface area contributed by atoms with Gasteiger partial charge < -0.3 is 0 Å². The Kier molecular flexibility index (Phi) is 0.964. The quantitative estimate of drug-likeness (QED) is 0.550. The third-order valence-corrected chi connectivity index (χ3v) is 4.39. The van der Waals surface area contributed by atoms with Gasteiger partial charge >= 0.3 is 0 Å². The van der Waals surface area contributed by atoms with Gasteiger partial charge in [0.1, 0.15) is 0 Å². The number of hydrogen-bond acceptors (Lipinski definition) is 0. The monoisotopic (exact) mass is 138 g/mol. The van der Waals surface area contributed by atoms with E-state index in [0.29, 0.717) is 5.41 Å². The first-order valence-electron chi connectivity index (χ1n) is 4.56. The Bertz CT molecular complexity index is 169. The fourth-order valence-electron chi connectivity index (χ4n) is 3.32. The molecule has 0 saturated heterocycles. The van der Waals surface area contributed by atoms with Gasteiger partial charge in [0, 0.05) is 0 Å². The maximum atomic E-state index is 2.47. The minimum absolute atomic E-state index is 0.715. The highest BCUT2D eigenvalue weighted by atomic mass is 14.9. The van der Waals surface area contributed by atoms with Crippen LogP contribution in [0.25, 0.3) is 0 Å². The summed E-state index contributed by atoms with van der Waals surface area (Å²) in [5.41, 5.74) is 1.50. The Balaban J connectivity index is 1.95. The van der Waals surface area contributed by atoms with Crippen LogP contribution in [0.3, 0.4) is 0 Å². The molecule has 2 aliphatic carbocycles. The first-order valence-corrected chi connectivity index (χ1v) is 4.56. The molecule has 0 heterocycles. The molecule has 2 saturated carbocycles. The zero-order chi connectivity index (χ0) is 7.57. The first-order chi connectivity index (χ1) is 4.56. The fourth-order valence-corrected chi connectivity index (χ4v) is 3.32. The van der Waals surface area contributed by atoms with Crippen molar-refractivity contribution in [3.63, 3.8) is 0 Å². The number of hydrogen-bond donors (Lipinski definition) is 0. The topological polar surface area (TPSA) is 0 Å². The summed E-state index contributed by atoms with van der Waals surface area (Å²) >= 11 is 0. The van der Waals surface area contributed by atoms with Gasteiger partial charge in [-0.15, -0.1) is 0 Å². The van der Waals surface area contributed by atoms with Crippen molar-refractivity contribution in [1.82, 2.24) is 0 Å². The van der Waals surface area contributed by atoms with E-state index in [1.807, 2.05) is 0 Å². The van der Waals surface area contributed by atoms with Crippen molar-refractivity contribution in [2.45, 2.75) is 40.5 Å². The second-order valence-electron chi connectivity index (χ2n) is 4.88. The minimum Gasteiger partial charge on any atom is -0.0654 e. The van der Waals surface area contributed by atoms with Gasteiger partial charge in [-0.2, -0.15) is 0 Å². The lowest BCUT2D eigenvalue weighted by atomic mass is 9.84. The smallest absolute Gasteiger partial charge is 0.0204 e. The summed E-state index contributed by atoms with van der Waals surface area (Å²) < 4.78 is 0. The molecule has 0 heteroatoms. The van der Waals surface area contributed by atoms with Crippen LogP contribution < -0.4 is 0 Å². The van der Waals surface area contributed by atoms with E-state index in [-0.39, 0.29) is 0 Å². The van der Waals surface area contributed by atoms with Crippen LogP contribution in [-0.2, 0) is 0 Å². The Morgan fingerprint density at radius 2 is 1.70 bits per heavy atom. The van der Waals surface area contributed by atoms with Gasteiger partial charge in [0.25, 0.3) is 0 Å². The molecule has 0 nitrogen and oxygen atoms in total. The molecular formula is C10H18. The van der Waals surface area contributed by atoms with Crippen LogP contribution in [0.5, 0.6) is 0 Å². The van der Waals surface area contributed by atoms with Crippen molar-refractivity contribution >= 4 is 0 Å². The predicted octanol–water partition coefficient (Wildman–Crippen LogP) is 3.08. The molecule has 2 aliphatic rings. The standard InChI is InChI=1S/C10H18/c1-5-6-7-8-9(2,3)10(7,8)4/h7-8H,5-6H2,1-4H3. The van der Waals surface area contributed by atoms with Gasteiger partial charge in [-0.1, -0.05) is 34.1 Å². The van der Waals surface area contributed by atoms with Gasteiger partial charge in [-0.05, 0) is 29.1 Å². The summed E-state index contributed by atoms with van der Waals surface area (Å²) in [6.45, 7) is 9.61. The van der Waals surface area contributed by atoms with Crippen LogP contribution in [0, 0.1) is 22.7 Å². The third-order valence-electron chi connectivity index (χ3n) is 4.39. The predicted molar refractivity (Wildman–Crippen MR) is 43.8 cm³/mol. The van der Waals surface area contributed by atoms with E-state index in [9.17, 15) is 0 Å². The summed E-state index contributed by atoms with van der Waals surface area (Å²) in [7, 11) is 0. The molecule has 2 fully saturated rings. The van der Waals surface area contributed by atoms with Crippen molar-refractivity contribution < 1.29 is 0 Å². The van der Waals surface area contributed by atoms with Crippen LogP contribution in [0.4, 0.5) is 0 Å². The maximum Gasteiger partial charge on any atom is -0.0204 e. The molecule has 0 bridgehead atoms. The molecule has 0 radical (unpaired) electrons. The van der Waals surface area contributed by atoms with Crippen LogP contribution in [-0.4, -0.2) is 0 Å². The molecule has 0 aromatic rings. The zero-order valence-electron chi connectivity index (χ0n) is 7.57. The van der Waals surface area contributed by atoms with Crippen molar-refractivity contribution in [3.8, 4) is 0 Å². The lowest BCUT2D eigenvalue weighted by Gasteiger charge is -2.21. The van der Waals surface area contributed by atoms with Crippen molar-refractivity contribution in [2.24, 2.45) is 22.7 Å². The highest BCUT2D eigenvalue weighted by molar-refractivity contribution is 5.34. The highest BCUT2D eigenvalue weighted by Crippen LogP contribution is 2.91. The van der Waals surface area contributed by atoms with Gasteiger partial charge in [0.05, 0.1) is 0 Å². The number of rotatable bonds is 2. The molecule has 0 N–H and O–H groups in total. The maximum absolute atomic E-state index is 2.47. The van der Waals surface area contributed by atoms with Crippen LogP contribution in [0.15, 0.2) is 0 Å². The van der Waals surface area contributed by atoms with Crippen molar-refractivity contribution in [3.05, 3.63) is 0 Å². The molecule has 3 unspecified atom stereocenters. The van der Waals surface area contributed by atoms with E-state index < -0.39 is 0 Å². The molecular weight excluding hydrogens is 120 g/mol. The molecule has 2 rings (SSSR count). The van der Waals surface area contributed by atoms with Crippen LogP contribution >= 0.6 is 0 Å². The molecule has 3 atom stereocenters. The van der Waals surface area contributed by atoms with Gasteiger partial charge in [-0.3, -0.25) is 0 Å². The SMILES string of the molecule is CCCC1C2C(C)(C)C12C. The minimum atomic E-state index is 0.715. The Labute approximate surface area is 64.0 Å². The molecule has 10 heavy (non-hydrogen) atoms. The average Bonchev–Trinajstić information content (AvgIpc) is 2.55. The molecule has 0 aromatic carbocycles. The first kappa shape index (κ1) is 6.69. The molecule has 0 amide bonds. The lowest BCUT2D eigenvalue weighted by molar-refractivity contribution is 0.278. The lowest BCUT2D eigenvalue weighted by Crippen LogP contribution is -2.14. The largest absolute Gasteiger partial charge is 0.0654 e. The van der Waals surface area contributed by atoms with E-state index in [1.54, 1.807) is 0 Å². The second kappa shape index (κ2) is 1.44. The van der Waals surface area contributed by atoms with E-state index in [2.05, 4.69) is 27.7 Å². The summed E-state index contributed by atoms with van der Waals surface area (Å²) in [5.74, 6) is 2.20. The molecule has 0 spiro atoms. The van der Waals surface area contributed by atoms with Crippen LogP contribution in [0.2, 0.25) is 0 Å². The normalized spacial score (nSPS) is 54.0.